The third-order valence-corrected chi connectivity index (χ3v) is 6.89. The Morgan fingerprint density at radius 1 is 0.500 bits per heavy atom. The average Bonchev–Trinajstić information content (AvgIpc) is 3.37. The van der Waals surface area contributed by atoms with Crippen LogP contribution < -0.4 is 5.73 Å². The quantitative estimate of drug-likeness (QED) is 0.285. The zero-order chi connectivity index (χ0) is 22.6. The van der Waals surface area contributed by atoms with E-state index in [0.29, 0.717) is 0 Å². The molecule has 0 aliphatic rings. The maximum Gasteiger partial charge on any atom is 0.0561 e. The van der Waals surface area contributed by atoms with Crippen molar-refractivity contribution in [1.82, 2.24) is 9.13 Å². The summed E-state index contributed by atoms with van der Waals surface area (Å²) in [5.41, 5.74) is 14.3. The molecule has 3 nitrogen and oxygen atoms in total. The summed E-state index contributed by atoms with van der Waals surface area (Å²) in [4.78, 5) is 0. The maximum atomic E-state index is 6.20. The Bertz CT molecular complexity index is 1780. The first-order chi connectivity index (χ1) is 16.8. The highest BCUT2D eigenvalue weighted by Gasteiger charge is 2.15. The second-order valence-electron chi connectivity index (χ2n) is 8.92. The molecule has 0 aliphatic heterocycles. The van der Waals surface area contributed by atoms with Gasteiger partial charge in [0.2, 0.25) is 0 Å². The van der Waals surface area contributed by atoms with Crippen molar-refractivity contribution in [3.05, 3.63) is 121 Å². The van der Waals surface area contributed by atoms with Gasteiger partial charge in [0.25, 0.3) is 0 Å². The number of aromatic nitrogens is 2. The number of nitrogens with zero attached hydrogens (tertiary/aromatic N) is 2. The van der Waals surface area contributed by atoms with E-state index >= 15 is 0 Å². The smallest absolute Gasteiger partial charge is 0.0561 e. The minimum absolute atomic E-state index is 0.776. The third kappa shape index (κ3) is 2.77. The highest BCUT2D eigenvalue weighted by molar-refractivity contribution is 6.10. The van der Waals surface area contributed by atoms with Crippen molar-refractivity contribution in [3.63, 3.8) is 0 Å². The summed E-state index contributed by atoms with van der Waals surface area (Å²) < 4.78 is 4.74. The first-order valence-corrected chi connectivity index (χ1v) is 11.6. The Hall–Kier alpha value is -4.50. The van der Waals surface area contributed by atoms with Gasteiger partial charge in [-0.1, -0.05) is 66.7 Å². The number of para-hydroxylation sites is 3. The van der Waals surface area contributed by atoms with Crippen LogP contribution in [0.2, 0.25) is 0 Å². The van der Waals surface area contributed by atoms with Gasteiger partial charge in [0.1, 0.15) is 0 Å². The van der Waals surface area contributed by atoms with E-state index < -0.39 is 0 Å². The second-order valence-corrected chi connectivity index (χ2v) is 8.92. The highest BCUT2D eigenvalue weighted by Crippen LogP contribution is 2.35. The fourth-order valence-corrected chi connectivity index (χ4v) is 5.39. The Morgan fingerprint density at radius 2 is 1.15 bits per heavy atom. The summed E-state index contributed by atoms with van der Waals surface area (Å²) in [6.07, 6.45) is 0. The fourth-order valence-electron chi connectivity index (χ4n) is 5.39. The summed E-state index contributed by atoms with van der Waals surface area (Å²) in [6.45, 7) is 0.816. The van der Waals surface area contributed by atoms with Gasteiger partial charge in [-0.2, -0.15) is 0 Å². The molecule has 0 saturated heterocycles. The topological polar surface area (TPSA) is 35.9 Å². The van der Waals surface area contributed by atoms with Crippen LogP contribution in [0, 0.1) is 0 Å². The summed E-state index contributed by atoms with van der Waals surface area (Å²) in [6, 6.07) is 40.9. The van der Waals surface area contributed by atoms with Crippen molar-refractivity contribution in [3.8, 4) is 5.69 Å². The van der Waals surface area contributed by atoms with Gasteiger partial charge in [0, 0.05) is 50.5 Å². The van der Waals surface area contributed by atoms with Crippen molar-refractivity contribution < 1.29 is 0 Å². The monoisotopic (exact) mass is 437 g/mol. The van der Waals surface area contributed by atoms with Crippen molar-refractivity contribution in [2.45, 2.75) is 6.54 Å². The molecular weight excluding hydrogens is 414 g/mol. The van der Waals surface area contributed by atoms with Gasteiger partial charge in [-0.15, -0.1) is 0 Å². The van der Waals surface area contributed by atoms with E-state index in [4.69, 9.17) is 5.73 Å². The van der Waals surface area contributed by atoms with Crippen LogP contribution in [0.3, 0.4) is 0 Å². The molecule has 34 heavy (non-hydrogen) atoms. The number of fused-ring (bicyclic) bond motifs is 6. The number of hydrogen-bond acceptors (Lipinski definition) is 1. The molecule has 5 aromatic carbocycles. The van der Waals surface area contributed by atoms with Crippen LogP contribution in [0.1, 0.15) is 5.56 Å². The molecular formula is C31H23N3. The summed E-state index contributed by atoms with van der Waals surface area (Å²) >= 11 is 0. The SMILES string of the molecule is Nc1ccc2c3cc(Cn4c5ccccc5c5ccccc54)ccc3n(-c3ccccc3)c2c1. The second kappa shape index (κ2) is 7.26. The number of nitrogen functional groups attached to an aromatic ring is 1. The molecule has 0 unspecified atom stereocenters. The van der Waals surface area contributed by atoms with Crippen LogP contribution in [0.25, 0.3) is 49.3 Å². The molecule has 162 valence electrons. The van der Waals surface area contributed by atoms with Gasteiger partial charge in [0.15, 0.2) is 0 Å². The zero-order valence-corrected chi connectivity index (χ0v) is 18.6. The first kappa shape index (κ1) is 19.0. The first-order valence-electron chi connectivity index (χ1n) is 11.6. The lowest BCUT2D eigenvalue weighted by Gasteiger charge is -2.10. The number of hydrogen-bond donors (Lipinski definition) is 1. The van der Waals surface area contributed by atoms with Gasteiger partial charge >= 0.3 is 0 Å². The molecule has 0 radical (unpaired) electrons. The fraction of sp³-hybridized carbons (Fsp3) is 0.0323. The van der Waals surface area contributed by atoms with E-state index in [1.54, 1.807) is 0 Å². The summed E-state index contributed by atoms with van der Waals surface area (Å²) in [5, 5.41) is 5.07. The van der Waals surface area contributed by atoms with E-state index in [0.717, 1.165) is 23.4 Å². The minimum atomic E-state index is 0.776. The number of anilines is 1. The number of benzene rings is 5. The standard InChI is InChI=1S/C31H23N3/c32-22-15-16-26-27-18-21(14-17-30(27)34(31(26)19-22)23-8-2-1-3-9-23)20-33-28-12-6-4-10-24(28)25-11-5-7-13-29(25)33/h1-19H,20,32H2. The van der Waals surface area contributed by atoms with Crippen LogP contribution in [-0.4, -0.2) is 9.13 Å². The lowest BCUT2D eigenvalue weighted by molar-refractivity contribution is 0.870. The molecule has 0 saturated carbocycles. The molecule has 0 fully saturated rings. The largest absolute Gasteiger partial charge is 0.399 e. The minimum Gasteiger partial charge on any atom is -0.399 e. The molecule has 7 rings (SSSR count). The molecule has 2 N–H and O–H groups in total. The Kier molecular flexibility index (Phi) is 4.06. The normalized spacial score (nSPS) is 11.8. The van der Waals surface area contributed by atoms with Crippen LogP contribution in [0.5, 0.6) is 0 Å². The Labute approximate surface area is 197 Å². The van der Waals surface area contributed by atoms with Crippen LogP contribution in [-0.2, 0) is 6.54 Å². The number of rotatable bonds is 3. The van der Waals surface area contributed by atoms with E-state index in [-0.39, 0.29) is 0 Å². The molecule has 0 aliphatic carbocycles. The van der Waals surface area contributed by atoms with Gasteiger partial charge < -0.3 is 14.9 Å². The van der Waals surface area contributed by atoms with Gasteiger partial charge in [-0.05, 0) is 54.1 Å². The van der Waals surface area contributed by atoms with Gasteiger partial charge in [-0.25, -0.2) is 0 Å². The van der Waals surface area contributed by atoms with Crippen LogP contribution >= 0.6 is 0 Å². The summed E-state index contributed by atoms with van der Waals surface area (Å²) in [7, 11) is 0. The predicted molar refractivity (Wildman–Crippen MR) is 144 cm³/mol. The molecule has 0 atom stereocenters. The molecule has 0 bridgehead atoms. The van der Waals surface area contributed by atoms with Crippen LogP contribution in [0.4, 0.5) is 5.69 Å². The van der Waals surface area contributed by atoms with E-state index in [1.807, 2.05) is 6.07 Å². The molecule has 2 aromatic heterocycles. The van der Waals surface area contributed by atoms with E-state index in [1.165, 1.54) is 43.7 Å². The highest BCUT2D eigenvalue weighted by atomic mass is 15.0. The zero-order valence-electron chi connectivity index (χ0n) is 18.6. The van der Waals surface area contributed by atoms with Crippen molar-refractivity contribution in [2.24, 2.45) is 0 Å². The van der Waals surface area contributed by atoms with Gasteiger partial charge in [-0.3, -0.25) is 0 Å². The van der Waals surface area contributed by atoms with Crippen molar-refractivity contribution in [1.29, 1.82) is 0 Å². The molecule has 3 heteroatoms. The van der Waals surface area contributed by atoms with E-state index in [9.17, 15) is 0 Å². The molecule has 2 heterocycles. The Balaban J connectivity index is 1.46. The third-order valence-electron chi connectivity index (χ3n) is 6.89. The molecule has 0 amide bonds. The van der Waals surface area contributed by atoms with Crippen LogP contribution in [0.15, 0.2) is 115 Å². The summed E-state index contributed by atoms with van der Waals surface area (Å²) in [5.74, 6) is 0. The number of nitrogens with two attached hydrogens (primary N) is 1. The lowest BCUT2D eigenvalue weighted by atomic mass is 10.1. The lowest BCUT2D eigenvalue weighted by Crippen LogP contribution is -1.99. The van der Waals surface area contributed by atoms with Crippen molar-refractivity contribution in [2.75, 3.05) is 5.73 Å². The van der Waals surface area contributed by atoms with E-state index in [2.05, 4.69) is 118 Å². The Morgan fingerprint density at radius 3 is 1.88 bits per heavy atom. The average molecular weight is 438 g/mol. The van der Waals surface area contributed by atoms with Crippen molar-refractivity contribution >= 4 is 49.3 Å². The molecule has 0 spiro atoms. The van der Waals surface area contributed by atoms with Gasteiger partial charge in [0.05, 0.1) is 11.0 Å². The molecule has 7 aromatic rings. The predicted octanol–water partition coefficient (Wildman–Crippen LogP) is 7.52. The maximum absolute atomic E-state index is 6.20.